The third kappa shape index (κ3) is 2.67. The SMILES string of the molecule is c1ccc2ccc3c(c2c#1)N(c1cccc2c1CCC=C2)c1c2c(cc4ccoc14)-c1cccc4c5ccccc5n(c14)B32. The Labute approximate surface area is 254 Å². The molecule has 0 unspecified atom stereocenters. The normalized spacial score (nSPS) is 14.3. The topological polar surface area (TPSA) is 21.3 Å². The molecule has 1 aliphatic carbocycles. The first-order chi connectivity index (χ1) is 21.9. The van der Waals surface area contributed by atoms with E-state index in [0.29, 0.717) is 0 Å². The lowest BCUT2D eigenvalue weighted by Crippen LogP contribution is -2.56. The van der Waals surface area contributed by atoms with Gasteiger partial charge in [-0.05, 0) is 82.2 Å². The zero-order valence-electron chi connectivity index (χ0n) is 23.8. The smallest absolute Gasteiger partial charge is 0.333 e. The van der Waals surface area contributed by atoms with Crippen LogP contribution in [0.1, 0.15) is 17.5 Å². The summed E-state index contributed by atoms with van der Waals surface area (Å²) < 4.78 is 9.05. The number of allylic oxidation sites excluding steroid dienone is 1. The fourth-order valence-electron chi connectivity index (χ4n) is 8.41. The van der Waals surface area contributed by atoms with Crippen LogP contribution < -0.4 is 15.8 Å². The largest absolute Gasteiger partial charge is 0.462 e. The molecule has 0 saturated carbocycles. The molecule has 0 bridgehead atoms. The number of aromatic nitrogens is 1. The van der Waals surface area contributed by atoms with Crippen LogP contribution in [0.3, 0.4) is 0 Å². The number of benzene rings is 5. The first kappa shape index (κ1) is 22.9. The quantitative estimate of drug-likeness (QED) is 0.188. The average Bonchev–Trinajstić information content (AvgIpc) is 3.69. The van der Waals surface area contributed by atoms with Crippen molar-refractivity contribution in [1.82, 2.24) is 4.48 Å². The standard InChI is InChI=1S/C40H23BN2O/c1-3-12-27-24(9-1)11-7-18-34(27)42-38-28-13-4-2-10-25(28)19-20-33(38)41-36-32(23-26-21-22-44-40(26)39(36)42)31-16-8-15-30-29-14-5-6-17-35(29)43(41)37(30)31/h1-2,5-11,14-23H,3,12H2. The van der Waals surface area contributed by atoms with Crippen molar-refractivity contribution < 1.29 is 4.42 Å². The molecule has 11 rings (SSSR count). The van der Waals surface area contributed by atoms with Crippen LogP contribution in [0.15, 0.2) is 114 Å². The van der Waals surface area contributed by atoms with E-state index in [0.717, 1.165) is 40.3 Å². The molecule has 0 saturated heterocycles. The summed E-state index contributed by atoms with van der Waals surface area (Å²) in [6, 6.07) is 42.5. The summed E-state index contributed by atoms with van der Waals surface area (Å²) in [5, 5.41) is 5.94. The molecule has 4 heteroatoms. The van der Waals surface area contributed by atoms with Crippen molar-refractivity contribution in [3.05, 3.63) is 133 Å². The summed E-state index contributed by atoms with van der Waals surface area (Å²) in [7, 11) is 0. The zero-order valence-corrected chi connectivity index (χ0v) is 23.8. The van der Waals surface area contributed by atoms with Gasteiger partial charge in [-0.1, -0.05) is 84.9 Å². The molecule has 0 spiro atoms. The molecular weight excluding hydrogens is 535 g/mol. The van der Waals surface area contributed by atoms with Crippen molar-refractivity contribution in [2.45, 2.75) is 12.8 Å². The van der Waals surface area contributed by atoms with E-state index in [4.69, 9.17) is 4.42 Å². The summed E-state index contributed by atoms with van der Waals surface area (Å²) in [6.45, 7) is -0.0320. The summed E-state index contributed by atoms with van der Waals surface area (Å²) in [6.07, 6.45) is 8.45. The van der Waals surface area contributed by atoms with Gasteiger partial charge in [0.25, 0.3) is 0 Å². The molecule has 0 amide bonds. The van der Waals surface area contributed by atoms with Gasteiger partial charge in [0.05, 0.1) is 28.7 Å². The maximum absolute atomic E-state index is 6.46. The number of hydrogen-bond acceptors (Lipinski definition) is 2. The molecule has 0 radical (unpaired) electrons. The lowest BCUT2D eigenvalue weighted by molar-refractivity contribution is 0.616. The molecule has 2 aliphatic heterocycles. The number of nitrogens with zero attached hydrogens (tertiary/aromatic N) is 2. The molecule has 8 aromatic rings. The van der Waals surface area contributed by atoms with Gasteiger partial charge in [0.2, 0.25) is 0 Å². The Morgan fingerprint density at radius 1 is 0.795 bits per heavy atom. The van der Waals surface area contributed by atoms with Gasteiger partial charge in [-0.3, -0.25) is 0 Å². The van der Waals surface area contributed by atoms with Crippen LogP contribution in [0, 0.1) is 12.1 Å². The molecule has 0 N–H and O–H groups in total. The number of hydrogen-bond donors (Lipinski definition) is 0. The van der Waals surface area contributed by atoms with E-state index in [1.807, 2.05) is 12.3 Å². The Kier molecular flexibility index (Phi) is 4.18. The Hall–Kier alpha value is -5.66. The summed E-state index contributed by atoms with van der Waals surface area (Å²) >= 11 is 0. The molecule has 44 heavy (non-hydrogen) atoms. The zero-order chi connectivity index (χ0) is 28.5. The van der Waals surface area contributed by atoms with Gasteiger partial charge in [-0.15, -0.1) is 0 Å². The highest BCUT2D eigenvalue weighted by Gasteiger charge is 2.45. The van der Waals surface area contributed by atoms with Crippen LogP contribution in [0.25, 0.3) is 60.8 Å². The second-order valence-corrected chi connectivity index (χ2v) is 12.2. The molecular formula is C40H23BN2O. The van der Waals surface area contributed by atoms with E-state index >= 15 is 0 Å². The fourth-order valence-corrected chi connectivity index (χ4v) is 8.41. The lowest BCUT2D eigenvalue weighted by Gasteiger charge is -2.41. The highest BCUT2D eigenvalue weighted by Crippen LogP contribution is 2.50. The first-order valence-electron chi connectivity index (χ1n) is 15.4. The third-order valence-corrected chi connectivity index (χ3v) is 10.1. The van der Waals surface area contributed by atoms with E-state index in [1.54, 1.807) is 0 Å². The number of anilines is 3. The van der Waals surface area contributed by atoms with Crippen LogP contribution in [-0.4, -0.2) is 11.3 Å². The van der Waals surface area contributed by atoms with Crippen molar-refractivity contribution in [2.24, 2.45) is 0 Å². The van der Waals surface area contributed by atoms with Crippen LogP contribution in [0.5, 0.6) is 0 Å². The third-order valence-electron chi connectivity index (χ3n) is 10.1. The van der Waals surface area contributed by atoms with E-state index in [1.165, 1.54) is 66.4 Å². The number of fused-ring (bicyclic) bond motifs is 12. The molecule has 6 aromatic carbocycles. The van der Waals surface area contributed by atoms with E-state index in [-0.39, 0.29) is 6.85 Å². The van der Waals surface area contributed by atoms with Crippen LogP contribution in [0.2, 0.25) is 0 Å². The van der Waals surface area contributed by atoms with Crippen molar-refractivity contribution in [2.75, 3.05) is 4.90 Å². The highest BCUT2D eigenvalue weighted by molar-refractivity contribution is 6.90. The van der Waals surface area contributed by atoms with Crippen LogP contribution in [-0.2, 0) is 6.42 Å². The summed E-state index contributed by atoms with van der Waals surface area (Å²) in [5.41, 5.74) is 14.8. The van der Waals surface area contributed by atoms with Crippen molar-refractivity contribution >= 4 is 84.5 Å². The van der Waals surface area contributed by atoms with Gasteiger partial charge < -0.3 is 13.8 Å². The predicted octanol–water partition coefficient (Wildman–Crippen LogP) is 8.67. The lowest BCUT2D eigenvalue weighted by atomic mass is 9.44. The van der Waals surface area contributed by atoms with Crippen LogP contribution in [0.4, 0.5) is 17.1 Å². The number of rotatable bonds is 1. The van der Waals surface area contributed by atoms with Gasteiger partial charge in [-0.2, -0.15) is 0 Å². The molecule has 3 aliphatic rings. The van der Waals surface area contributed by atoms with Gasteiger partial charge in [0, 0.05) is 32.8 Å². The number of para-hydroxylation sites is 2. The summed E-state index contributed by atoms with van der Waals surface area (Å²) in [4.78, 5) is 2.51. The monoisotopic (exact) mass is 558 g/mol. The fraction of sp³-hybridized carbons (Fsp3) is 0.0500. The molecule has 4 heterocycles. The minimum Gasteiger partial charge on any atom is -0.462 e. The van der Waals surface area contributed by atoms with E-state index in [9.17, 15) is 0 Å². The van der Waals surface area contributed by atoms with E-state index in [2.05, 4.69) is 125 Å². The maximum Gasteiger partial charge on any atom is 0.333 e. The predicted molar refractivity (Wildman–Crippen MR) is 182 cm³/mol. The van der Waals surface area contributed by atoms with Crippen molar-refractivity contribution in [1.29, 1.82) is 0 Å². The van der Waals surface area contributed by atoms with Gasteiger partial charge in [-0.25, -0.2) is 0 Å². The van der Waals surface area contributed by atoms with Gasteiger partial charge >= 0.3 is 6.85 Å². The van der Waals surface area contributed by atoms with Crippen LogP contribution >= 0.6 is 0 Å². The second kappa shape index (κ2) is 8.04. The van der Waals surface area contributed by atoms with Gasteiger partial charge in [0.1, 0.15) is 0 Å². The van der Waals surface area contributed by atoms with Gasteiger partial charge in [0.15, 0.2) is 5.58 Å². The average molecular weight is 558 g/mol. The molecule has 0 fully saturated rings. The first-order valence-corrected chi connectivity index (χ1v) is 15.4. The minimum absolute atomic E-state index is 0.0320. The van der Waals surface area contributed by atoms with Crippen molar-refractivity contribution in [3.63, 3.8) is 0 Å². The minimum atomic E-state index is -0.0320. The Bertz CT molecular complexity index is 2590. The van der Waals surface area contributed by atoms with E-state index < -0.39 is 0 Å². The maximum atomic E-state index is 6.46. The molecule has 2 aromatic heterocycles. The Morgan fingerprint density at radius 3 is 2.73 bits per heavy atom. The Balaban J connectivity index is 1.39. The molecule has 3 nitrogen and oxygen atoms in total. The summed E-state index contributed by atoms with van der Waals surface area (Å²) in [5.74, 6) is 0. The molecule has 202 valence electrons. The number of furan rings is 1. The Morgan fingerprint density at radius 2 is 1.73 bits per heavy atom. The molecule has 0 atom stereocenters. The second-order valence-electron chi connectivity index (χ2n) is 12.2. The highest BCUT2D eigenvalue weighted by atomic mass is 16.3. The van der Waals surface area contributed by atoms with Crippen molar-refractivity contribution in [3.8, 4) is 11.1 Å².